The van der Waals surface area contributed by atoms with Crippen molar-refractivity contribution in [1.82, 2.24) is 20.0 Å². The van der Waals surface area contributed by atoms with E-state index in [9.17, 15) is 32.5 Å². The monoisotopic (exact) mass is 654 g/mol. The van der Waals surface area contributed by atoms with E-state index in [1.807, 2.05) is 29.5 Å². The molecule has 0 bridgehead atoms. The van der Waals surface area contributed by atoms with Crippen molar-refractivity contribution in [3.05, 3.63) is 35.5 Å². The lowest BCUT2D eigenvalue weighted by Gasteiger charge is -2.51. The highest BCUT2D eigenvalue weighted by Gasteiger charge is 2.57. The minimum Gasteiger partial charge on any atom is -0.724 e. The molecule has 0 saturated carbocycles. The Morgan fingerprint density at radius 1 is 1.36 bits per heavy atom. The number of carboxylic acid groups (broad SMARTS) is 1. The number of aromatic nitrogens is 3. The Bertz CT molecular complexity index is 1730. The number of fused-ring (bicyclic) bond motifs is 1. The molecule has 1 aliphatic rings. The van der Waals surface area contributed by atoms with Gasteiger partial charge in [-0.15, -0.1) is 16.0 Å². The van der Waals surface area contributed by atoms with Crippen LogP contribution in [0.15, 0.2) is 34.9 Å². The first-order chi connectivity index (χ1) is 20.5. The lowest BCUT2D eigenvalue weighted by Crippen LogP contribution is -2.76. The predicted molar refractivity (Wildman–Crippen MR) is 151 cm³/mol. The number of hydroxylamine groups is 2. The summed E-state index contributed by atoms with van der Waals surface area (Å²) in [7, 11) is -3.38. The van der Waals surface area contributed by atoms with Crippen molar-refractivity contribution in [3.8, 4) is 5.75 Å². The third-order valence-electron chi connectivity index (χ3n) is 6.54. The Morgan fingerprint density at radius 3 is 2.64 bits per heavy atom. The number of ether oxygens (including phenoxy) is 1. The van der Waals surface area contributed by atoms with Gasteiger partial charge in [0.1, 0.15) is 29.6 Å². The number of nitrogens with two attached hydrogens (primary N) is 2. The quantitative estimate of drug-likeness (QED) is 0.0413. The average Bonchev–Trinajstić information content (AvgIpc) is 3.48. The van der Waals surface area contributed by atoms with E-state index >= 15 is 0 Å². The lowest BCUT2D eigenvalue weighted by molar-refractivity contribution is -0.772. The molecule has 6 N–H and O–H groups in total. The van der Waals surface area contributed by atoms with E-state index in [1.54, 1.807) is 18.2 Å². The Labute approximate surface area is 254 Å². The highest BCUT2D eigenvalue weighted by Crippen LogP contribution is 2.33. The molecular formula is C24H30N8O10S2. The molecule has 4 rings (SSSR count). The molecule has 1 saturated heterocycles. The van der Waals surface area contributed by atoms with Crippen molar-refractivity contribution < 1.29 is 51.0 Å². The number of hydrogen-bond acceptors (Lipinski definition) is 14. The summed E-state index contributed by atoms with van der Waals surface area (Å²) in [4.78, 5) is 46.7. The number of hydrogen-bond donors (Lipinski definition) is 4. The largest absolute Gasteiger partial charge is 0.724 e. The summed E-state index contributed by atoms with van der Waals surface area (Å²) >= 11 is 0.953. The maximum absolute atomic E-state index is 13.2. The van der Waals surface area contributed by atoms with E-state index in [-0.39, 0.29) is 16.9 Å². The molecule has 0 aliphatic carbocycles. The Balaban J connectivity index is 1.50. The molecule has 3 aromatic rings. The summed E-state index contributed by atoms with van der Waals surface area (Å²) < 4.78 is 46.6. The van der Waals surface area contributed by atoms with Crippen LogP contribution in [0.3, 0.4) is 0 Å². The van der Waals surface area contributed by atoms with Gasteiger partial charge in [0, 0.05) is 5.38 Å². The number of nitrogens with one attached hydrogen (secondary N) is 1. The number of amides is 2. The topological polar surface area (TPSA) is 258 Å². The molecule has 3 atom stereocenters. The minimum absolute atomic E-state index is 0.0532. The van der Waals surface area contributed by atoms with Gasteiger partial charge >= 0.3 is 5.97 Å². The number of benzene rings is 1. The van der Waals surface area contributed by atoms with E-state index in [4.69, 9.17) is 21.0 Å². The fourth-order valence-corrected chi connectivity index (χ4v) is 5.32. The lowest BCUT2D eigenvalue weighted by atomic mass is 9.84. The van der Waals surface area contributed by atoms with Crippen LogP contribution in [0.25, 0.3) is 10.9 Å². The average molecular weight is 655 g/mol. The van der Waals surface area contributed by atoms with Gasteiger partial charge in [-0.1, -0.05) is 5.16 Å². The number of β-lactam (4-membered cyclic amide) rings is 1. The van der Waals surface area contributed by atoms with E-state index in [0.717, 1.165) is 22.2 Å². The van der Waals surface area contributed by atoms with Gasteiger partial charge in [-0.05, 0) is 39.0 Å². The van der Waals surface area contributed by atoms with E-state index in [2.05, 4.69) is 19.7 Å². The van der Waals surface area contributed by atoms with Crippen molar-refractivity contribution >= 4 is 61.3 Å². The summed E-state index contributed by atoms with van der Waals surface area (Å²) in [6, 6.07) is 3.74. The van der Waals surface area contributed by atoms with Crippen molar-refractivity contribution in [2.75, 3.05) is 12.3 Å². The second-order valence-corrected chi connectivity index (χ2v) is 12.3. The van der Waals surface area contributed by atoms with Crippen molar-refractivity contribution in [2.45, 2.75) is 51.0 Å². The van der Waals surface area contributed by atoms with Crippen molar-refractivity contribution in [1.29, 1.82) is 0 Å². The fourth-order valence-electron chi connectivity index (χ4n) is 4.33. The number of carbonyl (C=O) groups excluding carboxylic acids is 2. The van der Waals surface area contributed by atoms with Crippen LogP contribution < -0.4 is 26.2 Å². The minimum atomic E-state index is -5.26. The SMILES string of the molecule is C[C@@H](N)C[n+]1cc2cc(OC[C@H](O/N=C(\C(=O)N[C@@H]3C(=O)N(OS(=O)(=O)[O-])C3(C)C)c3csc(N)n3)C(=O)O)ccc2n1C. The number of aryl methyl sites for hydroxylation is 1. The third kappa shape index (κ3) is 7.05. The van der Waals surface area contributed by atoms with E-state index in [1.165, 1.54) is 19.2 Å². The van der Waals surface area contributed by atoms with Crippen LogP contribution in [0.5, 0.6) is 5.75 Å². The predicted octanol–water partition coefficient (Wildman–Crippen LogP) is -1.40. The van der Waals surface area contributed by atoms with Gasteiger partial charge in [-0.25, -0.2) is 18.2 Å². The zero-order valence-corrected chi connectivity index (χ0v) is 25.5. The summed E-state index contributed by atoms with van der Waals surface area (Å²) in [5, 5.41) is 18.3. The number of nitrogen functional groups attached to an aromatic ring is 1. The summed E-state index contributed by atoms with van der Waals surface area (Å²) in [5.74, 6) is -3.18. The number of carboxylic acids is 1. The molecule has 2 amide bonds. The second kappa shape index (κ2) is 12.3. The maximum atomic E-state index is 13.2. The number of rotatable bonds is 13. The zero-order chi connectivity index (χ0) is 32.6. The van der Waals surface area contributed by atoms with Gasteiger partial charge in [0.2, 0.25) is 16.6 Å². The van der Waals surface area contributed by atoms with E-state index in [0.29, 0.717) is 17.4 Å². The first-order valence-electron chi connectivity index (χ1n) is 12.8. The molecule has 0 unspecified atom stereocenters. The Morgan fingerprint density at radius 2 is 2.07 bits per heavy atom. The van der Waals surface area contributed by atoms with E-state index < -0.39 is 58.2 Å². The first-order valence-corrected chi connectivity index (χ1v) is 15.0. The van der Waals surface area contributed by atoms with Crippen LogP contribution in [-0.2, 0) is 47.5 Å². The molecule has 1 fully saturated rings. The van der Waals surface area contributed by atoms with Crippen LogP contribution in [0, 0.1) is 0 Å². The van der Waals surface area contributed by atoms with Gasteiger partial charge in [-0.2, -0.15) is 14.0 Å². The number of oxime groups is 1. The smallest absolute Gasteiger partial charge is 0.351 e. The van der Waals surface area contributed by atoms with Gasteiger partial charge in [0.05, 0.1) is 24.0 Å². The molecule has 3 heterocycles. The number of carbonyl (C=O) groups is 3. The maximum Gasteiger partial charge on any atom is 0.351 e. The number of anilines is 1. The van der Waals surface area contributed by atoms with Crippen molar-refractivity contribution in [3.63, 3.8) is 0 Å². The normalized spacial score (nSPS) is 18.0. The molecule has 0 spiro atoms. The molecular weight excluding hydrogens is 624 g/mol. The second-order valence-electron chi connectivity index (χ2n) is 10.4. The van der Waals surface area contributed by atoms with Gasteiger partial charge < -0.3 is 36.0 Å². The fraction of sp³-hybridized carbons (Fsp3) is 0.417. The van der Waals surface area contributed by atoms with Gasteiger partial charge in [0.25, 0.3) is 17.9 Å². The molecule has 238 valence electrons. The number of aliphatic carboxylic acids is 1. The summed E-state index contributed by atoms with van der Waals surface area (Å²) in [6.07, 6.45) is 0.195. The first kappa shape index (κ1) is 32.5. The number of nitrogens with zero attached hydrogens (tertiary/aromatic N) is 5. The molecule has 20 heteroatoms. The summed E-state index contributed by atoms with van der Waals surface area (Å²) in [5.41, 5.74) is 10.4. The van der Waals surface area contributed by atoms with Crippen LogP contribution in [-0.4, -0.2) is 86.6 Å². The number of thiazole rings is 1. The highest BCUT2D eigenvalue weighted by atomic mass is 32.3. The molecule has 2 aromatic heterocycles. The van der Waals surface area contributed by atoms with Gasteiger partial charge in [-0.3, -0.25) is 9.59 Å². The molecule has 0 radical (unpaired) electrons. The van der Waals surface area contributed by atoms with Crippen LogP contribution >= 0.6 is 11.3 Å². The van der Waals surface area contributed by atoms with Crippen molar-refractivity contribution in [2.24, 2.45) is 17.9 Å². The molecule has 1 aromatic carbocycles. The molecule has 44 heavy (non-hydrogen) atoms. The molecule has 18 nitrogen and oxygen atoms in total. The third-order valence-corrected chi connectivity index (χ3v) is 7.55. The van der Waals surface area contributed by atoms with Crippen LogP contribution in [0.2, 0.25) is 0 Å². The Kier molecular flexibility index (Phi) is 9.11. The zero-order valence-electron chi connectivity index (χ0n) is 23.9. The van der Waals surface area contributed by atoms with Crippen LogP contribution in [0.4, 0.5) is 5.13 Å². The van der Waals surface area contributed by atoms with Gasteiger partial charge in [0.15, 0.2) is 17.4 Å². The van der Waals surface area contributed by atoms with Crippen LogP contribution in [0.1, 0.15) is 26.5 Å². The summed E-state index contributed by atoms with van der Waals surface area (Å²) in [6.45, 7) is 4.63. The molecule has 1 aliphatic heterocycles. The highest BCUT2D eigenvalue weighted by molar-refractivity contribution is 7.80. The standard InChI is InChI=1S/C24H30N8O10S2/c1-12(25)8-31-9-13-7-14(5-6-16(13)30(31)4)40-10-17(22(35)36)41-29-18(15-11-43-23(26)27-15)20(33)28-19-21(34)32(24(19,2)3)42-44(37,38)39/h5-7,9,11-12,17,19H,8,10,25H2,1-4H3,(H4-,26,27,28,33,35,36,37,38,39)/b29-18-/t12-,17+,19-/m1/s1. The Hall–Kier alpha value is -4.37.